The number of nitrogens with two attached hydrogens (primary N) is 1. The van der Waals surface area contributed by atoms with Crippen molar-refractivity contribution in [1.82, 2.24) is 24.5 Å². The highest BCUT2D eigenvalue weighted by Gasteiger charge is 2.43. The Labute approximate surface area is 291 Å². The standard InChI is InChI=1S/C37H56FN7O3Si/c1-7-44-35(36(39)46)29(22-41-44)33(32(26-14-10-8-11-15-26)27-16-12-9-13-17-27)37(47)42-28-20-30(38)34(40-21-28)31-24(2)43-45(25(31)3)23-48-18-19-49(4,5)6/h20-22,26-27,32-33H,7-19,23H2,1-6H3,(H2,39,46)(H,42,47). The molecular weight excluding hydrogens is 638 g/mol. The highest BCUT2D eigenvalue weighted by molar-refractivity contribution is 6.76. The van der Waals surface area contributed by atoms with Gasteiger partial charge in [0.05, 0.1) is 29.7 Å². The molecule has 2 aliphatic carbocycles. The number of aryl methyl sites for hydroxylation is 2. The van der Waals surface area contributed by atoms with E-state index < -0.39 is 25.7 Å². The van der Waals surface area contributed by atoms with Crippen LogP contribution < -0.4 is 11.1 Å². The van der Waals surface area contributed by atoms with E-state index in [-0.39, 0.29) is 28.9 Å². The van der Waals surface area contributed by atoms with E-state index in [0.717, 1.165) is 63.1 Å². The molecule has 1 unspecified atom stereocenters. The third-order valence-corrected chi connectivity index (χ3v) is 12.4. The first-order valence-corrected chi connectivity index (χ1v) is 22.0. The summed E-state index contributed by atoms with van der Waals surface area (Å²) in [6, 6.07) is 2.38. The third kappa shape index (κ3) is 8.68. The number of hydrogen-bond donors (Lipinski definition) is 2. The molecule has 0 aromatic carbocycles. The Morgan fingerprint density at radius 3 is 2.20 bits per heavy atom. The molecule has 12 heteroatoms. The van der Waals surface area contributed by atoms with Crippen molar-refractivity contribution in [2.45, 2.75) is 130 Å². The van der Waals surface area contributed by atoms with E-state index in [1.165, 1.54) is 25.1 Å². The number of nitrogens with one attached hydrogen (secondary N) is 1. The van der Waals surface area contributed by atoms with Crippen molar-refractivity contribution in [3.8, 4) is 11.3 Å². The highest BCUT2D eigenvalue weighted by Crippen LogP contribution is 2.48. The molecule has 2 aliphatic rings. The second-order valence-electron chi connectivity index (χ2n) is 15.4. The lowest BCUT2D eigenvalue weighted by molar-refractivity contribution is -0.120. The lowest BCUT2D eigenvalue weighted by atomic mass is 9.63. The van der Waals surface area contributed by atoms with Crippen molar-refractivity contribution in [1.29, 1.82) is 0 Å². The Hall–Kier alpha value is -3.38. The maximum Gasteiger partial charge on any atom is 0.267 e. The Morgan fingerprint density at radius 1 is 1.02 bits per heavy atom. The fraction of sp³-hybridized carbons (Fsp3) is 0.649. The van der Waals surface area contributed by atoms with Crippen LogP contribution in [0.15, 0.2) is 18.5 Å². The van der Waals surface area contributed by atoms with Crippen molar-refractivity contribution >= 4 is 25.6 Å². The largest absolute Gasteiger partial charge is 0.364 e. The minimum absolute atomic E-state index is 0.0226. The second-order valence-corrected chi connectivity index (χ2v) is 21.0. The first kappa shape index (κ1) is 36.9. The number of carbonyl (C=O) groups is 2. The van der Waals surface area contributed by atoms with Gasteiger partial charge < -0.3 is 15.8 Å². The van der Waals surface area contributed by atoms with Crippen molar-refractivity contribution in [2.24, 2.45) is 23.5 Å². The van der Waals surface area contributed by atoms with E-state index >= 15 is 4.39 Å². The number of anilines is 1. The predicted octanol–water partition coefficient (Wildman–Crippen LogP) is 7.83. The fourth-order valence-electron chi connectivity index (χ4n) is 8.23. The van der Waals surface area contributed by atoms with Gasteiger partial charge in [0.15, 0.2) is 5.82 Å². The molecule has 2 amide bonds. The van der Waals surface area contributed by atoms with Crippen LogP contribution in [0.2, 0.25) is 25.7 Å². The summed E-state index contributed by atoms with van der Waals surface area (Å²) in [5.74, 6) is -1.36. The summed E-state index contributed by atoms with van der Waals surface area (Å²) in [4.78, 5) is 32.0. The molecule has 2 saturated carbocycles. The van der Waals surface area contributed by atoms with E-state index in [1.54, 1.807) is 15.6 Å². The average molecular weight is 694 g/mol. The molecule has 0 radical (unpaired) electrons. The minimum atomic E-state index is -1.22. The number of pyridine rings is 1. The molecule has 49 heavy (non-hydrogen) atoms. The molecular formula is C37H56FN7O3Si. The van der Waals surface area contributed by atoms with Crippen LogP contribution in [0.5, 0.6) is 0 Å². The van der Waals surface area contributed by atoms with Gasteiger partial charge in [0, 0.05) is 44.1 Å². The van der Waals surface area contributed by atoms with Crippen molar-refractivity contribution in [2.75, 3.05) is 11.9 Å². The van der Waals surface area contributed by atoms with Crippen molar-refractivity contribution in [3.63, 3.8) is 0 Å². The molecule has 3 heterocycles. The van der Waals surface area contributed by atoms with Gasteiger partial charge in [-0.1, -0.05) is 83.8 Å². The maximum absolute atomic E-state index is 15.9. The molecule has 0 aliphatic heterocycles. The molecule has 3 N–H and O–H groups in total. The number of ether oxygens (including phenoxy) is 1. The molecule has 5 rings (SSSR count). The van der Waals surface area contributed by atoms with E-state index in [9.17, 15) is 9.59 Å². The number of aromatic nitrogens is 5. The molecule has 268 valence electrons. The molecule has 0 saturated heterocycles. The van der Waals surface area contributed by atoms with E-state index in [0.29, 0.717) is 48.5 Å². The lowest BCUT2D eigenvalue weighted by Gasteiger charge is -2.42. The van der Waals surface area contributed by atoms with Crippen molar-refractivity contribution < 1.29 is 18.7 Å². The average Bonchev–Trinajstić information content (AvgIpc) is 3.62. The zero-order valence-electron chi connectivity index (χ0n) is 30.4. The molecule has 3 aromatic rings. The first-order valence-electron chi connectivity index (χ1n) is 18.3. The van der Waals surface area contributed by atoms with Crippen molar-refractivity contribution in [3.05, 3.63) is 46.9 Å². The van der Waals surface area contributed by atoms with Gasteiger partial charge in [-0.3, -0.25) is 19.3 Å². The molecule has 2 fully saturated rings. The van der Waals surface area contributed by atoms with Crippen LogP contribution in [0.3, 0.4) is 0 Å². The summed E-state index contributed by atoms with van der Waals surface area (Å²) in [6.07, 6.45) is 14.3. The molecule has 0 spiro atoms. The number of hydrogen-bond acceptors (Lipinski definition) is 6. The summed E-state index contributed by atoms with van der Waals surface area (Å²) in [5.41, 5.74) is 9.30. The quantitative estimate of drug-likeness (QED) is 0.131. The summed E-state index contributed by atoms with van der Waals surface area (Å²) < 4.78 is 25.2. The van der Waals surface area contributed by atoms with Crippen LogP contribution in [-0.4, -0.2) is 51.0 Å². The molecule has 0 bridgehead atoms. The molecule has 3 aromatic heterocycles. The maximum atomic E-state index is 15.9. The van der Waals surface area contributed by atoms with Crippen LogP contribution in [0.4, 0.5) is 10.1 Å². The summed E-state index contributed by atoms with van der Waals surface area (Å²) in [5, 5.41) is 12.1. The third-order valence-electron chi connectivity index (χ3n) is 10.7. The smallest absolute Gasteiger partial charge is 0.267 e. The topological polar surface area (TPSA) is 130 Å². The van der Waals surface area contributed by atoms with Crippen LogP contribution in [0, 0.1) is 37.4 Å². The van der Waals surface area contributed by atoms with Gasteiger partial charge in [-0.2, -0.15) is 10.2 Å². The van der Waals surface area contributed by atoms with Crippen LogP contribution >= 0.6 is 0 Å². The number of primary amides is 1. The Kier molecular flexibility index (Phi) is 12.1. The predicted molar refractivity (Wildman–Crippen MR) is 193 cm³/mol. The fourth-order valence-corrected chi connectivity index (χ4v) is 8.99. The Balaban J connectivity index is 1.45. The molecule has 10 nitrogen and oxygen atoms in total. The summed E-state index contributed by atoms with van der Waals surface area (Å²) >= 11 is 0. The zero-order chi connectivity index (χ0) is 35.3. The number of carbonyl (C=O) groups excluding carboxylic acids is 2. The summed E-state index contributed by atoms with van der Waals surface area (Å²) in [7, 11) is -1.22. The van der Waals surface area contributed by atoms with Gasteiger partial charge in [0.25, 0.3) is 5.91 Å². The van der Waals surface area contributed by atoms with Crippen LogP contribution in [0.1, 0.15) is 104 Å². The number of rotatable bonds is 14. The second kappa shape index (κ2) is 16.1. The lowest BCUT2D eigenvalue weighted by Crippen LogP contribution is -2.39. The van der Waals surface area contributed by atoms with Gasteiger partial charge in [0.2, 0.25) is 5.91 Å². The van der Waals surface area contributed by atoms with Gasteiger partial charge in [-0.05, 0) is 44.6 Å². The van der Waals surface area contributed by atoms with E-state index in [2.05, 4.69) is 40.1 Å². The monoisotopic (exact) mass is 693 g/mol. The van der Waals surface area contributed by atoms with Gasteiger partial charge in [-0.25, -0.2) is 9.07 Å². The number of halogens is 1. The van der Waals surface area contributed by atoms with E-state index in [4.69, 9.17) is 10.5 Å². The normalized spacial score (nSPS) is 17.1. The van der Waals surface area contributed by atoms with Gasteiger partial charge in [0.1, 0.15) is 18.1 Å². The Morgan fingerprint density at radius 2 is 1.65 bits per heavy atom. The number of amides is 2. The van der Waals surface area contributed by atoms with E-state index in [1.807, 2.05) is 20.8 Å². The molecule has 1 atom stereocenters. The highest BCUT2D eigenvalue weighted by atomic mass is 28.3. The van der Waals surface area contributed by atoms with Gasteiger partial charge >= 0.3 is 0 Å². The Bertz CT molecular complexity index is 1580. The minimum Gasteiger partial charge on any atom is -0.364 e. The number of nitrogens with zero attached hydrogens (tertiary/aromatic N) is 5. The SMILES string of the molecule is CCn1ncc(C(C(=O)Nc2cnc(-c3c(C)nn(COCC[Si](C)(C)C)c3C)c(F)c2)C(C2CCCCC2)C2CCCCC2)c1C(N)=O. The van der Waals surface area contributed by atoms with Crippen LogP contribution in [-0.2, 0) is 22.8 Å². The van der Waals surface area contributed by atoms with Gasteiger partial charge in [-0.15, -0.1) is 0 Å². The zero-order valence-corrected chi connectivity index (χ0v) is 31.4. The summed E-state index contributed by atoms with van der Waals surface area (Å²) in [6.45, 7) is 14.0. The first-order chi connectivity index (χ1) is 23.4. The van der Waals surface area contributed by atoms with Crippen LogP contribution in [0.25, 0.3) is 11.3 Å².